The summed E-state index contributed by atoms with van der Waals surface area (Å²) in [6.07, 6.45) is 0. The molecule has 0 spiro atoms. The zero-order chi connectivity index (χ0) is 20.7. The molecule has 5 nitrogen and oxygen atoms in total. The van der Waals surface area contributed by atoms with Crippen molar-refractivity contribution in [1.29, 1.82) is 0 Å². The van der Waals surface area contributed by atoms with Crippen LogP contribution in [0.15, 0.2) is 84.9 Å². The van der Waals surface area contributed by atoms with E-state index in [9.17, 15) is 5.11 Å². The zero-order valence-corrected chi connectivity index (χ0v) is 17.1. The van der Waals surface area contributed by atoms with Gasteiger partial charge in [-0.2, -0.15) is 0 Å². The first kappa shape index (κ1) is 20.8. The van der Waals surface area contributed by atoms with E-state index in [0.717, 1.165) is 5.56 Å². The lowest BCUT2D eigenvalue weighted by molar-refractivity contribution is -0.902. The molecule has 3 aromatic rings. The maximum absolute atomic E-state index is 10.0. The molecule has 0 unspecified atom stereocenters. The number of hydrogen-bond donors (Lipinski definition) is 1. The minimum atomic E-state index is -0.993. The van der Waals surface area contributed by atoms with Crippen LogP contribution in [-0.2, 0) is 0 Å². The summed E-state index contributed by atoms with van der Waals surface area (Å²) in [7, 11) is 5.12. The number of likely N-dealkylation sites (N-methyl/N-ethyl adjacent to an activating group) is 1. The van der Waals surface area contributed by atoms with E-state index >= 15 is 0 Å². The fraction of sp³-hybridized carbons (Fsp3) is 0.217. The molecular weight excluding hydrogens is 365 g/mol. The van der Waals surface area contributed by atoms with Gasteiger partial charge in [0.1, 0.15) is 23.3 Å². The Labute approximate surface area is 172 Å². The molecule has 3 aromatic carbocycles. The van der Waals surface area contributed by atoms with Crippen molar-refractivity contribution >= 4 is 7.32 Å². The van der Waals surface area contributed by atoms with Gasteiger partial charge in [0.25, 0.3) is 0 Å². The van der Waals surface area contributed by atoms with Crippen molar-refractivity contribution in [3.63, 3.8) is 0 Å². The number of benzene rings is 3. The van der Waals surface area contributed by atoms with Crippen molar-refractivity contribution in [3.05, 3.63) is 90.5 Å². The topological polar surface area (TPSA) is 47.9 Å². The summed E-state index contributed by atoms with van der Waals surface area (Å²) in [5.41, 5.74) is 0.890. The number of para-hydroxylation sites is 3. The fourth-order valence-corrected chi connectivity index (χ4v) is 3.02. The van der Waals surface area contributed by atoms with E-state index in [1.165, 1.54) is 0 Å². The Hall–Kier alpha value is -2.96. The van der Waals surface area contributed by atoms with Crippen LogP contribution in [0.4, 0.5) is 0 Å². The van der Waals surface area contributed by atoms with E-state index < -0.39 is 7.32 Å². The predicted octanol–water partition coefficient (Wildman–Crippen LogP) is 3.95. The number of hydrogen-bond acceptors (Lipinski definition) is 4. The van der Waals surface area contributed by atoms with E-state index in [1.807, 2.05) is 106 Å². The Morgan fingerprint density at radius 2 is 1.21 bits per heavy atom. The first-order valence-electron chi connectivity index (χ1n) is 9.58. The van der Waals surface area contributed by atoms with Crippen LogP contribution in [0.2, 0.25) is 0 Å². The number of aliphatic hydroxyl groups excluding tert-OH is 1. The smallest absolute Gasteiger partial charge is 0.490 e. The number of rotatable bonds is 9. The third kappa shape index (κ3) is 5.76. The summed E-state index contributed by atoms with van der Waals surface area (Å²) in [5, 5.41) is 10.0. The normalized spacial score (nSPS) is 12.1. The molecule has 3 rings (SSSR count). The first-order valence-corrected chi connectivity index (χ1v) is 9.58. The Bertz CT molecular complexity index is 843. The second-order valence-corrected chi connectivity index (χ2v) is 7.62. The SMILES string of the molecule is C[N+](C)(C)[C@H](CO)c1ccccc1OB(Oc1ccccc1)Oc1ccccc1. The van der Waals surface area contributed by atoms with Gasteiger partial charge in [0.05, 0.1) is 33.3 Å². The average molecular weight is 392 g/mol. The maximum atomic E-state index is 10.0. The van der Waals surface area contributed by atoms with Crippen LogP contribution >= 0.6 is 0 Å². The van der Waals surface area contributed by atoms with Crippen molar-refractivity contribution in [3.8, 4) is 17.2 Å². The second kappa shape index (κ2) is 9.50. The van der Waals surface area contributed by atoms with Gasteiger partial charge in [-0.15, -0.1) is 0 Å². The third-order valence-corrected chi connectivity index (χ3v) is 4.56. The Morgan fingerprint density at radius 3 is 1.69 bits per heavy atom. The van der Waals surface area contributed by atoms with Crippen LogP contribution < -0.4 is 14.0 Å². The molecule has 6 heteroatoms. The van der Waals surface area contributed by atoms with Gasteiger partial charge in [-0.25, -0.2) is 0 Å². The molecule has 0 heterocycles. The molecular formula is C23H27BNO4+. The average Bonchev–Trinajstić information content (AvgIpc) is 2.70. The van der Waals surface area contributed by atoms with Crippen molar-refractivity contribution in [2.75, 3.05) is 27.7 Å². The van der Waals surface area contributed by atoms with Crippen LogP contribution in [0.25, 0.3) is 0 Å². The van der Waals surface area contributed by atoms with Crippen molar-refractivity contribution < 1.29 is 23.6 Å². The van der Waals surface area contributed by atoms with Gasteiger partial charge in [-0.1, -0.05) is 48.5 Å². The monoisotopic (exact) mass is 392 g/mol. The lowest BCUT2D eigenvalue weighted by atomic mass is 10.0. The van der Waals surface area contributed by atoms with Gasteiger partial charge in [0, 0.05) is 0 Å². The molecule has 0 amide bonds. The Balaban J connectivity index is 1.89. The molecule has 0 saturated carbocycles. The van der Waals surface area contributed by atoms with Crippen LogP contribution in [0.5, 0.6) is 17.2 Å². The highest BCUT2D eigenvalue weighted by Gasteiger charge is 2.34. The van der Waals surface area contributed by atoms with Crippen molar-refractivity contribution in [1.82, 2.24) is 0 Å². The van der Waals surface area contributed by atoms with Crippen LogP contribution in [0.3, 0.4) is 0 Å². The van der Waals surface area contributed by atoms with Crippen LogP contribution in [-0.4, -0.2) is 44.7 Å². The van der Waals surface area contributed by atoms with Gasteiger partial charge in [0.2, 0.25) is 0 Å². The summed E-state index contributed by atoms with van der Waals surface area (Å²) >= 11 is 0. The van der Waals surface area contributed by atoms with Gasteiger partial charge >= 0.3 is 7.32 Å². The summed E-state index contributed by atoms with van der Waals surface area (Å²) in [6.45, 7) is -0.00632. The highest BCUT2D eigenvalue weighted by Crippen LogP contribution is 2.31. The van der Waals surface area contributed by atoms with Crippen molar-refractivity contribution in [2.45, 2.75) is 6.04 Å². The standard InChI is InChI=1S/C23H27BNO4/c1-25(2,3)22(18-26)21-16-10-11-17-23(21)29-24(27-19-12-6-4-7-13-19)28-20-14-8-5-9-15-20/h4-17,22,26H,18H2,1-3H3/q+1/t22-/m1/s1. The first-order chi connectivity index (χ1) is 14.0. The zero-order valence-electron chi connectivity index (χ0n) is 17.1. The summed E-state index contributed by atoms with van der Waals surface area (Å²) < 4.78 is 18.7. The Morgan fingerprint density at radius 1 is 0.724 bits per heavy atom. The number of nitrogens with zero attached hydrogens (tertiary/aromatic N) is 1. The molecule has 0 saturated heterocycles. The van der Waals surface area contributed by atoms with Gasteiger partial charge < -0.3 is 23.6 Å². The summed E-state index contributed by atoms with van der Waals surface area (Å²) in [4.78, 5) is 0. The number of aliphatic hydroxyl groups is 1. The highest BCUT2D eigenvalue weighted by molar-refractivity contribution is 6.39. The maximum Gasteiger partial charge on any atom is 0.864 e. The van der Waals surface area contributed by atoms with Crippen molar-refractivity contribution in [2.24, 2.45) is 0 Å². The minimum absolute atomic E-state index is 0.00632. The molecule has 0 aromatic heterocycles. The van der Waals surface area contributed by atoms with Gasteiger partial charge in [-0.3, -0.25) is 0 Å². The van der Waals surface area contributed by atoms with Crippen LogP contribution in [0, 0.1) is 0 Å². The van der Waals surface area contributed by atoms with Gasteiger partial charge in [0.15, 0.2) is 0 Å². The molecule has 0 aliphatic heterocycles. The molecule has 0 bridgehead atoms. The van der Waals surface area contributed by atoms with E-state index in [4.69, 9.17) is 14.0 Å². The predicted molar refractivity (Wildman–Crippen MR) is 115 cm³/mol. The second-order valence-electron chi connectivity index (χ2n) is 7.62. The molecule has 0 aliphatic rings. The molecule has 0 radical (unpaired) electrons. The summed E-state index contributed by atoms with van der Waals surface area (Å²) in [5.74, 6) is 1.88. The molecule has 0 aliphatic carbocycles. The van der Waals surface area contributed by atoms with Crippen LogP contribution in [0.1, 0.15) is 11.6 Å². The minimum Gasteiger partial charge on any atom is -0.490 e. The van der Waals surface area contributed by atoms with E-state index in [0.29, 0.717) is 21.7 Å². The molecule has 0 fully saturated rings. The van der Waals surface area contributed by atoms with Gasteiger partial charge in [-0.05, 0) is 36.4 Å². The highest BCUT2D eigenvalue weighted by atomic mass is 16.7. The largest absolute Gasteiger partial charge is 0.864 e. The third-order valence-electron chi connectivity index (χ3n) is 4.56. The Kier molecular flexibility index (Phi) is 6.80. The van der Waals surface area contributed by atoms with E-state index in [-0.39, 0.29) is 12.6 Å². The molecule has 29 heavy (non-hydrogen) atoms. The quantitative estimate of drug-likeness (QED) is 0.443. The molecule has 1 N–H and O–H groups in total. The van der Waals surface area contributed by atoms with E-state index in [2.05, 4.69) is 0 Å². The summed E-state index contributed by atoms with van der Waals surface area (Å²) in [6, 6.07) is 26.3. The van der Waals surface area contributed by atoms with E-state index in [1.54, 1.807) is 0 Å². The number of quaternary nitrogens is 1. The lowest BCUT2D eigenvalue weighted by Gasteiger charge is -2.34. The fourth-order valence-electron chi connectivity index (χ4n) is 3.02. The lowest BCUT2D eigenvalue weighted by Crippen LogP contribution is -2.42. The molecule has 1 atom stereocenters. The molecule has 150 valence electrons.